The second-order valence-electron chi connectivity index (χ2n) is 4.77. The van der Waals surface area contributed by atoms with Crippen molar-refractivity contribution >= 4 is 28.5 Å². The average molecular weight is 363 g/mol. The van der Waals surface area contributed by atoms with Gasteiger partial charge < -0.3 is 5.32 Å². The molecule has 1 amide bonds. The molecule has 19 heavy (non-hydrogen) atoms. The van der Waals surface area contributed by atoms with Crippen molar-refractivity contribution in [1.29, 1.82) is 0 Å². The second-order valence-corrected chi connectivity index (χ2v) is 6.02. The lowest BCUT2D eigenvalue weighted by Crippen LogP contribution is -2.27. The maximum Gasteiger partial charge on any atom is 0.251 e. The van der Waals surface area contributed by atoms with E-state index in [4.69, 9.17) is 0 Å². The number of carbonyl (C=O) groups is 1. The van der Waals surface area contributed by atoms with Gasteiger partial charge in [0, 0.05) is 9.13 Å². The molecule has 2 nitrogen and oxygen atoms in total. The Labute approximate surface area is 126 Å². The minimum Gasteiger partial charge on any atom is -0.345 e. The van der Waals surface area contributed by atoms with Gasteiger partial charge in [-0.1, -0.05) is 24.3 Å². The van der Waals surface area contributed by atoms with Crippen LogP contribution in [0.2, 0.25) is 0 Å². The van der Waals surface area contributed by atoms with Crippen LogP contribution in [0.1, 0.15) is 33.9 Å². The molecule has 1 aliphatic rings. The summed E-state index contributed by atoms with van der Waals surface area (Å²) in [5.74, 6) is 0.0121. The molecule has 0 fully saturated rings. The molecule has 0 aliphatic heterocycles. The Kier molecular flexibility index (Phi) is 3.55. The smallest absolute Gasteiger partial charge is 0.251 e. The topological polar surface area (TPSA) is 29.1 Å². The van der Waals surface area contributed by atoms with Gasteiger partial charge in [0.25, 0.3) is 5.91 Å². The van der Waals surface area contributed by atoms with Crippen LogP contribution >= 0.6 is 22.6 Å². The van der Waals surface area contributed by atoms with Gasteiger partial charge in [0.15, 0.2) is 0 Å². The summed E-state index contributed by atoms with van der Waals surface area (Å²) in [6.45, 7) is 0. The first-order chi connectivity index (χ1) is 9.24. The van der Waals surface area contributed by atoms with Crippen LogP contribution < -0.4 is 5.32 Å². The molecule has 3 rings (SSSR count). The largest absolute Gasteiger partial charge is 0.345 e. The molecule has 96 valence electrons. The lowest BCUT2D eigenvalue weighted by Gasteiger charge is -2.14. The Morgan fingerprint density at radius 2 is 1.84 bits per heavy atom. The van der Waals surface area contributed by atoms with Gasteiger partial charge >= 0.3 is 0 Å². The molecule has 0 spiro atoms. The molecule has 2 aromatic rings. The molecule has 0 unspecified atom stereocenters. The van der Waals surface area contributed by atoms with Crippen LogP contribution in [-0.2, 0) is 6.42 Å². The van der Waals surface area contributed by atoms with Crippen molar-refractivity contribution in [3.8, 4) is 0 Å². The van der Waals surface area contributed by atoms with E-state index in [0.717, 1.165) is 22.0 Å². The molecule has 1 atom stereocenters. The first-order valence-corrected chi connectivity index (χ1v) is 7.46. The van der Waals surface area contributed by atoms with Crippen molar-refractivity contribution in [2.75, 3.05) is 0 Å². The van der Waals surface area contributed by atoms with E-state index in [2.05, 4.69) is 46.1 Å². The highest BCUT2D eigenvalue weighted by atomic mass is 127. The fourth-order valence-corrected chi connectivity index (χ4v) is 2.91. The summed E-state index contributed by atoms with van der Waals surface area (Å²) >= 11 is 2.24. The predicted octanol–water partition coefficient (Wildman–Crippen LogP) is 3.71. The molecule has 2 aromatic carbocycles. The van der Waals surface area contributed by atoms with Gasteiger partial charge in [-0.2, -0.15) is 0 Å². The van der Waals surface area contributed by atoms with E-state index in [-0.39, 0.29) is 11.9 Å². The van der Waals surface area contributed by atoms with Crippen LogP contribution in [0.3, 0.4) is 0 Å². The summed E-state index contributed by atoms with van der Waals surface area (Å²) in [6.07, 6.45) is 2.04. The van der Waals surface area contributed by atoms with Crippen molar-refractivity contribution in [3.05, 3.63) is 68.8 Å². The third kappa shape index (κ3) is 2.66. The van der Waals surface area contributed by atoms with E-state index in [1.807, 2.05) is 30.3 Å². The number of carbonyl (C=O) groups excluding carboxylic acids is 1. The lowest BCUT2D eigenvalue weighted by molar-refractivity contribution is 0.0936. The van der Waals surface area contributed by atoms with Gasteiger partial charge in [0.2, 0.25) is 0 Å². The van der Waals surface area contributed by atoms with Crippen molar-refractivity contribution in [2.45, 2.75) is 18.9 Å². The molecule has 0 aromatic heterocycles. The van der Waals surface area contributed by atoms with Gasteiger partial charge in [0.05, 0.1) is 6.04 Å². The van der Waals surface area contributed by atoms with Gasteiger partial charge in [-0.3, -0.25) is 4.79 Å². The van der Waals surface area contributed by atoms with Crippen molar-refractivity contribution in [1.82, 2.24) is 5.32 Å². The zero-order valence-corrected chi connectivity index (χ0v) is 12.6. The highest BCUT2D eigenvalue weighted by Gasteiger charge is 2.23. The molecular formula is C16H14INO. The van der Waals surface area contributed by atoms with Gasteiger partial charge in [-0.25, -0.2) is 0 Å². The van der Waals surface area contributed by atoms with Crippen LogP contribution in [0.25, 0.3) is 0 Å². The predicted molar refractivity (Wildman–Crippen MR) is 84.1 cm³/mol. The maximum absolute atomic E-state index is 12.2. The van der Waals surface area contributed by atoms with Crippen LogP contribution in [0.15, 0.2) is 48.5 Å². The van der Waals surface area contributed by atoms with E-state index >= 15 is 0 Å². The summed E-state index contributed by atoms with van der Waals surface area (Å²) in [4.78, 5) is 12.2. The quantitative estimate of drug-likeness (QED) is 0.810. The molecule has 0 saturated carbocycles. The number of benzene rings is 2. The van der Waals surface area contributed by atoms with Crippen molar-refractivity contribution in [2.24, 2.45) is 0 Å². The standard InChI is InChI=1S/C16H14INO/c17-13-8-5-12(6-9-13)16(19)18-15-10-7-11-3-1-2-4-14(11)15/h1-6,8-9,15H,7,10H2,(H,18,19)/t15-/m1/s1. The molecule has 0 heterocycles. The number of fused-ring (bicyclic) bond motifs is 1. The third-order valence-electron chi connectivity index (χ3n) is 3.54. The fourth-order valence-electron chi connectivity index (χ4n) is 2.55. The Hall–Kier alpha value is -1.36. The van der Waals surface area contributed by atoms with Crippen LogP contribution in [0.5, 0.6) is 0 Å². The summed E-state index contributed by atoms with van der Waals surface area (Å²) in [6, 6.07) is 16.2. The summed E-state index contributed by atoms with van der Waals surface area (Å²) in [7, 11) is 0. The number of nitrogens with one attached hydrogen (secondary N) is 1. The highest BCUT2D eigenvalue weighted by Crippen LogP contribution is 2.30. The van der Waals surface area contributed by atoms with Crippen molar-refractivity contribution < 1.29 is 4.79 Å². The lowest BCUT2D eigenvalue weighted by atomic mass is 10.1. The van der Waals surface area contributed by atoms with Crippen LogP contribution in [-0.4, -0.2) is 5.91 Å². The molecule has 3 heteroatoms. The van der Waals surface area contributed by atoms with Gasteiger partial charge in [-0.05, 0) is 70.8 Å². The average Bonchev–Trinajstić information content (AvgIpc) is 2.83. The highest BCUT2D eigenvalue weighted by molar-refractivity contribution is 14.1. The molecule has 1 N–H and O–H groups in total. The summed E-state index contributed by atoms with van der Waals surface area (Å²) in [5, 5.41) is 3.13. The second kappa shape index (κ2) is 5.33. The minimum atomic E-state index is 0.0121. The minimum absolute atomic E-state index is 0.0121. The zero-order chi connectivity index (χ0) is 13.2. The molecule has 0 bridgehead atoms. The normalized spacial score (nSPS) is 17.0. The SMILES string of the molecule is O=C(N[C@@H]1CCc2ccccc21)c1ccc(I)cc1. The Balaban J connectivity index is 1.76. The van der Waals surface area contributed by atoms with E-state index in [0.29, 0.717) is 0 Å². The maximum atomic E-state index is 12.2. The molecule has 0 saturated heterocycles. The van der Waals surface area contributed by atoms with Gasteiger partial charge in [-0.15, -0.1) is 0 Å². The Bertz CT molecular complexity index is 606. The number of aryl methyl sites for hydroxylation is 1. The van der Waals surface area contributed by atoms with E-state index in [1.165, 1.54) is 11.1 Å². The number of halogens is 1. The number of hydrogen-bond donors (Lipinski definition) is 1. The van der Waals surface area contributed by atoms with Crippen LogP contribution in [0, 0.1) is 3.57 Å². The van der Waals surface area contributed by atoms with E-state index < -0.39 is 0 Å². The Morgan fingerprint density at radius 1 is 1.11 bits per heavy atom. The first kappa shape index (κ1) is 12.7. The zero-order valence-electron chi connectivity index (χ0n) is 10.4. The van der Waals surface area contributed by atoms with Crippen molar-refractivity contribution in [3.63, 3.8) is 0 Å². The number of rotatable bonds is 2. The monoisotopic (exact) mass is 363 g/mol. The fraction of sp³-hybridized carbons (Fsp3) is 0.188. The summed E-state index contributed by atoms with van der Waals surface area (Å²) < 4.78 is 1.14. The molecular weight excluding hydrogens is 349 g/mol. The third-order valence-corrected chi connectivity index (χ3v) is 4.26. The summed E-state index contributed by atoms with van der Waals surface area (Å²) in [5.41, 5.74) is 3.35. The van der Waals surface area contributed by atoms with Gasteiger partial charge in [0.1, 0.15) is 0 Å². The van der Waals surface area contributed by atoms with E-state index in [9.17, 15) is 4.79 Å². The number of amides is 1. The molecule has 1 aliphatic carbocycles. The van der Waals surface area contributed by atoms with E-state index in [1.54, 1.807) is 0 Å². The Morgan fingerprint density at radius 3 is 2.63 bits per heavy atom. The first-order valence-electron chi connectivity index (χ1n) is 6.38. The van der Waals surface area contributed by atoms with Crippen LogP contribution in [0.4, 0.5) is 0 Å². The number of hydrogen-bond acceptors (Lipinski definition) is 1. The molecule has 0 radical (unpaired) electrons.